The Labute approximate surface area is 290 Å². The molecule has 50 heavy (non-hydrogen) atoms. The Morgan fingerprint density at radius 3 is 2.72 bits per heavy atom. The topological polar surface area (TPSA) is 126 Å². The van der Waals surface area contributed by atoms with Crippen molar-refractivity contribution in [3.05, 3.63) is 110 Å². The molecule has 2 atom stereocenters. The fourth-order valence-corrected chi connectivity index (χ4v) is 9.14. The maximum atomic E-state index is 14.2. The van der Waals surface area contributed by atoms with Gasteiger partial charge in [-0.2, -0.15) is 0 Å². The van der Waals surface area contributed by atoms with E-state index in [1.165, 1.54) is 23.3 Å². The molecule has 6 aromatic rings. The highest BCUT2D eigenvalue weighted by Crippen LogP contribution is 2.50. The average Bonchev–Trinajstić information content (AvgIpc) is 3.95. The van der Waals surface area contributed by atoms with Crippen molar-refractivity contribution in [1.82, 2.24) is 25.1 Å². The number of halogens is 1. The summed E-state index contributed by atoms with van der Waals surface area (Å²) in [5, 5.41) is 11.4. The van der Waals surface area contributed by atoms with Crippen molar-refractivity contribution >= 4 is 33.1 Å². The number of aromatic nitrogens is 4. The largest absolute Gasteiger partial charge is 0.496 e. The Morgan fingerprint density at radius 1 is 1.06 bits per heavy atom. The number of pyridine rings is 2. The molecule has 0 spiro atoms. The molecule has 10 nitrogen and oxygen atoms in total. The van der Waals surface area contributed by atoms with Crippen LogP contribution in [0.2, 0.25) is 0 Å². The smallest absolute Gasteiger partial charge is 0.434 e. The zero-order valence-corrected chi connectivity index (χ0v) is 28.3. The number of hydrogen-bond acceptors (Lipinski definition) is 9. The highest BCUT2D eigenvalue weighted by atomic mass is 32.1. The van der Waals surface area contributed by atoms with Gasteiger partial charge in [0.1, 0.15) is 17.4 Å². The van der Waals surface area contributed by atoms with Crippen LogP contribution in [0.4, 0.5) is 10.2 Å². The quantitative estimate of drug-likeness (QED) is 0.170. The molecular weight excluding hydrogens is 656 g/mol. The first-order chi connectivity index (χ1) is 24.4. The number of benzene rings is 2. The molecule has 0 bridgehead atoms. The van der Waals surface area contributed by atoms with E-state index in [0.717, 1.165) is 69.2 Å². The molecule has 0 unspecified atom stereocenters. The molecule has 1 fully saturated rings. The third kappa shape index (κ3) is 5.00. The number of thiophene rings is 1. The number of nitrogens with zero attached hydrogens (tertiary/aromatic N) is 4. The van der Waals surface area contributed by atoms with E-state index >= 15 is 0 Å². The van der Waals surface area contributed by atoms with Gasteiger partial charge in [0.25, 0.3) is 11.8 Å². The minimum atomic E-state index is -0.695. The van der Waals surface area contributed by atoms with E-state index in [9.17, 15) is 14.0 Å². The van der Waals surface area contributed by atoms with Crippen molar-refractivity contribution in [3.8, 4) is 27.6 Å². The molecule has 6 heterocycles. The summed E-state index contributed by atoms with van der Waals surface area (Å²) in [5.74, 6) is 0.687. The van der Waals surface area contributed by atoms with Crippen LogP contribution in [0.15, 0.2) is 63.8 Å². The number of nitrogens with one attached hydrogen (secondary N) is 2. The maximum absolute atomic E-state index is 14.2. The van der Waals surface area contributed by atoms with Crippen LogP contribution >= 0.6 is 11.3 Å². The molecule has 1 aliphatic carbocycles. The van der Waals surface area contributed by atoms with E-state index in [1.54, 1.807) is 30.6 Å². The van der Waals surface area contributed by atoms with Gasteiger partial charge in [0, 0.05) is 22.7 Å². The van der Waals surface area contributed by atoms with E-state index in [-0.39, 0.29) is 29.7 Å². The Bertz CT molecular complexity index is 2380. The number of fused-ring (bicyclic) bond motifs is 5. The first kappa shape index (κ1) is 30.7. The van der Waals surface area contributed by atoms with Gasteiger partial charge in [-0.25, -0.2) is 19.3 Å². The number of hydrogen-bond donors (Lipinski definition) is 2. The highest BCUT2D eigenvalue weighted by molar-refractivity contribution is 7.23. The summed E-state index contributed by atoms with van der Waals surface area (Å²) in [6, 6.07) is 16.7. The van der Waals surface area contributed by atoms with E-state index in [4.69, 9.17) is 19.1 Å². The van der Waals surface area contributed by atoms with Crippen molar-refractivity contribution in [2.24, 2.45) is 0 Å². The molecule has 0 saturated carbocycles. The Kier molecular flexibility index (Phi) is 7.30. The van der Waals surface area contributed by atoms with Gasteiger partial charge in [0.2, 0.25) is 0 Å². The minimum Gasteiger partial charge on any atom is -0.496 e. The second-order valence-corrected chi connectivity index (χ2v) is 14.2. The summed E-state index contributed by atoms with van der Waals surface area (Å²) < 4.78 is 26.0. The molecule has 3 aliphatic rings. The second-order valence-electron chi connectivity index (χ2n) is 13.2. The van der Waals surface area contributed by atoms with Gasteiger partial charge in [-0.3, -0.25) is 9.78 Å². The lowest BCUT2D eigenvalue weighted by Gasteiger charge is -2.17. The Balaban J connectivity index is 1.22. The van der Waals surface area contributed by atoms with Crippen LogP contribution in [0.1, 0.15) is 75.5 Å². The number of H-pyrrole nitrogens is 1. The number of ether oxygens (including phenoxy) is 1. The van der Waals surface area contributed by atoms with Gasteiger partial charge < -0.3 is 19.4 Å². The highest BCUT2D eigenvalue weighted by Gasteiger charge is 2.45. The molecular formula is C38H33FN6O4S. The molecule has 1 amide bonds. The first-order valence-corrected chi connectivity index (χ1v) is 17.7. The predicted molar refractivity (Wildman–Crippen MR) is 188 cm³/mol. The minimum absolute atomic E-state index is 0.0639. The Morgan fingerprint density at radius 2 is 1.92 bits per heavy atom. The van der Waals surface area contributed by atoms with Crippen LogP contribution in [-0.2, 0) is 19.3 Å². The number of aromatic amines is 1. The number of rotatable bonds is 8. The monoisotopic (exact) mass is 688 g/mol. The zero-order valence-electron chi connectivity index (χ0n) is 27.5. The fraction of sp³-hybridized carbons (Fsp3) is 0.289. The summed E-state index contributed by atoms with van der Waals surface area (Å²) >= 11 is 1.55. The fourth-order valence-electron chi connectivity index (χ4n) is 7.99. The lowest BCUT2D eigenvalue weighted by molar-refractivity contribution is 0.0776. The molecule has 9 rings (SSSR count). The van der Waals surface area contributed by atoms with Crippen LogP contribution < -0.4 is 15.8 Å². The van der Waals surface area contributed by atoms with Crippen molar-refractivity contribution in [2.45, 2.75) is 57.5 Å². The lowest BCUT2D eigenvalue weighted by atomic mass is 9.93. The normalized spacial score (nSPS) is 17.7. The van der Waals surface area contributed by atoms with Crippen molar-refractivity contribution in [3.63, 3.8) is 0 Å². The third-order valence-electron chi connectivity index (χ3n) is 10.2. The number of anilines is 1. The average molecular weight is 689 g/mol. The maximum Gasteiger partial charge on any atom is 0.434 e. The summed E-state index contributed by atoms with van der Waals surface area (Å²) in [7, 11) is 1.70. The number of aryl methyl sites for hydroxylation is 3. The van der Waals surface area contributed by atoms with Gasteiger partial charge >= 0.3 is 5.76 Å². The first-order valence-electron chi connectivity index (χ1n) is 16.9. The molecule has 2 N–H and O–H groups in total. The van der Waals surface area contributed by atoms with E-state index in [1.807, 2.05) is 24.0 Å². The third-order valence-corrected chi connectivity index (χ3v) is 11.4. The van der Waals surface area contributed by atoms with E-state index < -0.39 is 5.76 Å². The summed E-state index contributed by atoms with van der Waals surface area (Å²) in [4.78, 5) is 39.5. The second kappa shape index (κ2) is 11.9. The van der Waals surface area contributed by atoms with Gasteiger partial charge in [-0.15, -0.1) is 16.4 Å². The standard InChI is InChI=1S/C38H33FN6O4S/c1-19-17-21-18-29(50-34(21)35(40-19)42-25-15-13-24-23(25)5-3-7-28(24)48-2)31-30(36-43-44-38(47)49-36)26(14-10-20-8-11-22(39)12-9-20)41-33-27-6-4-16-45(27)37(46)32(31)33/h3,5,7-9,11-12,17-18,25,27H,4,6,10,13-16H2,1-2H3,(H,40,42)(H,44,47)/t25-,27-/m1/s1. The van der Waals surface area contributed by atoms with Crippen molar-refractivity contribution < 1.29 is 18.3 Å². The predicted octanol–water partition coefficient (Wildman–Crippen LogP) is 7.33. The van der Waals surface area contributed by atoms with Crippen LogP contribution in [0.3, 0.4) is 0 Å². The number of methoxy groups -OCH3 is 1. The van der Waals surface area contributed by atoms with Crippen molar-refractivity contribution in [2.75, 3.05) is 19.0 Å². The van der Waals surface area contributed by atoms with Gasteiger partial charge in [0.15, 0.2) is 0 Å². The molecule has 12 heteroatoms. The number of carbonyl (C=O) groups is 1. The lowest BCUT2D eigenvalue weighted by Crippen LogP contribution is -2.22. The summed E-state index contributed by atoms with van der Waals surface area (Å²) in [5.41, 5.74) is 7.35. The summed E-state index contributed by atoms with van der Waals surface area (Å²) in [6.07, 6.45) is 4.58. The Hall–Kier alpha value is -5.36. The van der Waals surface area contributed by atoms with Gasteiger partial charge in [-0.05, 0) is 97.9 Å². The molecule has 0 radical (unpaired) electrons. The molecule has 252 valence electrons. The molecule has 4 aromatic heterocycles. The van der Waals surface area contributed by atoms with E-state index in [0.29, 0.717) is 41.8 Å². The number of carbonyl (C=O) groups excluding carboxylic acids is 1. The zero-order chi connectivity index (χ0) is 34.1. The van der Waals surface area contributed by atoms with Crippen molar-refractivity contribution in [1.29, 1.82) is 0 Å². The van der Waals surface area contributed by atoms with Crippen LogP contribution in [0.5, 0.6) is 5.75 Å². The SMILES string of the molecule is COc1cccc2c1CC[C@H]2Nc1nc(C)cc2cc(-c3c4c(nc(CCc5ccc(F)cc5)c3-c3n[nH]c(=O)o3)[C@H]3CCCN3C4=O)sc12. The van der Waals surface area contributed by atoms with Crippen LogP contribution in [-0.4, -0.2) is 44.6 Å². The molecule has 1 saturated heterocycles. The number of amides is 1. The van der Waals surface area contributed by atoms with Crippen LogP contribution in [0.25, 0.3) is 32.0 Å². The summed E-state index contributed by atoms with van der Waals surface area (Å²) in [6.45, 7) is 2.64. The molecule has 2 aromatic carbocycles. The van der Waals surface area contributed by atoms with Gasteiger partial charge in [-0.1, -0.05) is 24.3 Å². The van der Waals surface area contributed by atoms with Gasteiger partial charge in [0.05, 0.1) is 46.4 Å². The molecule has 2 aliphatic heterocycles. The van der Waals surface area contributed by atoms with E-state index in [2.05, 4.69) is 33.7 Å². The van der Waals surface area contributed by atoms with Crippen LogP contribution in [0, 0.1) is 12.7 Å².